The number of amides is 2. The van der Waals surface area contributed by atoms with Crippen LogP contribution in [0.1, 0.15) is 44.1 Å². The topological polar surface area (TPSA) is 120 Å². The van der Waals surface area contributed by atoms with E-state index in [1.807, 2.05) is 38.8 Å². The second-order valence-corrected chi connectivity index (χ2v) is 14.7. The molecule has 0 spiro atoms. The van der Waals surface area contributed by atoms with Crippen molar-refractivity contribution in [2.45, 2.75) is 68.6 Å². The van der Waals surface area contributed by atoms with Crippen LogP contribution in [-0.2, 0) is 37.1 Å². The van der Waals surface area contributed by atoms with Gasteiger partial charge in [-0.25, -0.2) is 13.4 Å². The zero-order valence-corrected chi connectivity index (χ0v) is 28.0. The maximum Gasteiger partial charge on any atom is 0.228 e. The molecular formula is C35H44N4O7S. The third-order valence-electron chi connectivity index (χ3n) is 9.48. The van der Waals surface area contributed by atoms with Crippen LogP contribution in [0.3, 0.4) is 0 Å². The van der Waals surface area contributed by atoms with Crippen LogP contribution in [0.25, 0.3) is 11.4 Å². The highest BCUT2D eigenvalue weighted by Crippen LogP contribution is 2.40. The van der Waals surface area contributed by atoms with Crippen molar-refractivity contribution in [3.8, 4) is 22.9 Å². The van der Waals surface area contributed by atoms with E-state index < -0.39 is 9.84 Å². The number of hydrogen-bond acceptors (Lipinski definition) is 8. The first kappa shape index (κ1) is 33.0. The molecule has 0 radical (unpaired) electrons. The maximum atomic E-state index is 13.8. The van der Waals surface area contributed by atoms with E-state index in [4.69, 9.17) is 14.2 Å². The average molecular weight is 665 g/mol. The first-order valence-corrected chi connectivity index (χ1v) is 18.4. The van der Waals surface area contributed by atoms with Crippen molar-refractivity contribution in [1.82, 2.24) is 19.4 Å². The van der Waals surface area contributed by atoms with E-state index in [9.17, 15) is 18.0 Å². The maximum absolute atomic E-state index is 13.8. The lowest BCUT2D eigenvalue weighted by atomic mass is 9.88. The van der Waals surface area contributed by atoms with Gasteiger partial charge in [0.05, 0.1) is 43.2 Å². The standard InChI is InChI=1S/C35H44N4O7S/c1-44-31-12-8-26-23-32(31)45-21-5-17-39(35(41)29-24-27-9-13-30(29)46-27)16-4-3-15-37(19-20-38-18-14-36-34(26)38)33(40)22-25-6-10-28(11-7-25)47(2,42)43/h6-8,10-12,14,18,23,27,29-30H,3-5,9,13,15-17,19-22,24H2,1-2H3/t27-,29+,30+/m0/s1. The molecule has 47 heavy (non-hydrogen) atoms. The summed E-state index contributed by atoms with van der Waals surface area (Å²) in [5, 5.41) is 0. The summed E-state index contributed by atoms with van der Waals surface area (Å²) in [5.41, 5.74) is 1.62. The van der Waals surface area contributed by atoms with Crippen molar-refractivity contribution >= 4 is 21.7 Å². The van der Waals surface area contributed by atoms with Gasteiger partial charge in [-0.15, -0.1) is 0 Å². The van der Waals surface area contributed by atoms with Gasteiger partial charge < -0.3 is 28.6 Å². The number of fused-ring (bicyclic) bond motifs is 6. The van der Waals surface area contributed by atoms with E-state index in [1.165, 1.54) is 6.26 Å². The third-order valence-corrected chi connectivity index (χ3v) is 10.6. The fourth-order valence-corrected chi connectivity index (χ4v) is 7.55. The zero-order chi connectivity index (χ0) is 33.0. The number of ether oxygens (including phenoxy) is 3. The minimum absolute atomic E-state index is 0.0193. The van der Waals surface area contributed by atoms with E-state index in [2.05, 4.69) is 4.98 Å². The molecule has 252 valence electrons. The summed E-state index contributed by atoms with van der Waals surface area (Å²) >= 11 is 0. The molecule has 3 atom stereocenters. The molecule has 3 aliphatic heterocycles. The largest absolute Gasteiger partial charge is 0.493 e. The molecule has 2 saturated heterocycles. The van der Waals surface area contributed by atoms with Crippen molar-refractivity contribution < 1.29 is 32.2 Å². The normalized spacial score (nSPS) is 22.3. The molecule has 2 amide bonds. The predicted molar refractivity (Wildman–Crippen MR) is 176 cm³/mol. The van der Waals surface area contributed by atoms with Crippen LogP contribution >= 0.6 is 0 Å². The molecule has 12 heteroatoms. The molecule has 11 nitrogen and oxygen atoms in total. The lowest BCUT2D eigenvalue weighted by Crippen LogP contribution is -2.41. The number of hydrogen-bond donors (Lipinski definition) is 0. The summed E-state index contributed by atoms with van der Waals surface area (Å²) in [7, 11) is -1.71. The Bertz CT molecular complexity index is 1670. The second kappa shape index (κ2) is 14.5. The third kappa shape index (κ3) is 7.81. The smallest absolute Gasteiger partial charge is 0.228 e. The fourth-order valence-electron chi connectivity index (χ4n) is 6.92. The van der Waals surface area contributed by atoms with Gasteiger partial charge >= 0.3 is 0 Å². The molecule has 6 rings (SSSR count). The number of imidazole rings is 1. The molecule has 0 unspecified atom stereocenters. The van der Waals surface area contributed by atoms with Crippen LogP contribution < -0.4 is 9.47 Å². The van der Waals surface area contributed by atoms with Crippen molar-refractivity contribution in [2.24, 2.45) is 5.92 Å². The highest BCUT2D eigenvalue weighted by atomic mass is 32.2. The molecule has 3 aromatic rings. The SMILES string of the molecule is COc1ccc2cc1OCCCN(C(=O)[C@@H]1C[C@@H]3CC[C@H]1O3)CCCCN(C(=O)Cc1ccc(S(C)(=O)=O)cc1)CCn1ccnc1-2. The number of aromatic nitrogens is 2. The van der Waals surface area contributed by atoms with Gasteiger partial charge in [0.1, 0.15) is 5.82 Å². The van der Waals surface area contributed by atoms with Gasteiger partial charge in [-0.2, -0.15) is 0 Å². The fraction of sp³-hybridized carbons (Fsp3) is 0.514. The Balaban J connectivity index is 1.22. The summed E-state index contributed by atoms with van der Waals surface area (Å²) in [6.07, 6.45) is 10.1. The first-order chi connectivity index (χ1) is 22.7. The summed E-state index contributed by atoms with van der Waals surface area (Å²) in [5.74, 6) is 2.03. The Labute approximate surface area is 276 Å². The van der Waals surface area contributed by atoms with E-state index in [0.717, 1.165) is 49.1 Å². The summed E-state index contributed by atoms with van der Waals surface area (Å²) in [6, 6.07) is 12.2. The summed E-state index contributed by atoms with van der Waals surface area (Å²) in [4.78, 5) is 36.1. The number of carbonyl (C=O) groups is 2. The lowest BCUT2D eigenvalue weighted by Gasteiger charge is -2.29. The predicted octanol–water partition coefficient (Wildman–Crippen LogP) is 3.99. The van der Waals surface area contributed by atoms with Gasteiger partial charge in [-0.3, -0.25) is 9.59 Å². The molecule has 2 aromatic carbocycles. The van der Waals surface area contributed by atoms with E-state index >= 15 is 0 Å². The van der Waals surface area contributed by atoms with Gasteiger partial charge in [0, 0.05) is 56.9 Å². The Kier molecular flexibility index (Phi) is 10.2. The number of carbonyl (C=O) groups excluding carboxylic acids is 2. The average Bonchev–Trinajstić information content (AvgIpc) is 3.82. The molecule has 0 aliphatic carbocycles. The second-order valence-electron chi connectivity index (χ2n) is 12.7. The van der Waals surface area contributed by atoms with E-state index in [0.29, 0.717) is 57.3 Å². The minimum Gasteiger partial charge on any atom is -0.493 e. The summed E-state index contributed by atoms with van der Waals surface area (Å²) in [6.45, 7) is 3.15. The molecule has 1 aromatic heterocycles. The minimum atomic E-state index is -3.32. The van der Waals surface area contributed by atoms with Crippen molar-refractivity contribution in [2.75, 3.05) is 46.2 Å². The van der Waals surface area contributed by atoms with Crippen LogP contribution in [-0.4, -0.2) is 97.9 Å². The van der Waals surface area contributed by atoms with Gasteiger partial charge in [0.2, 0.25) is 11.8 Å². The molecule has 4 heterocycles. The van der Waals surface area contributed by atoms with Crippen LogP contribution in [0.2, 0.25) is 0 Å². The lowest BCUT2D eigenvalue weighted by molar-refractivity contribution is -0.137. The molecule has 0 saturated carbocycles. The van der Waals surface area contributed by atoms with Crippen LogP contribution in [0, 0.1) is 5.92 Å². The zero-order valence-electron chi connectivity index (χ0n) is 27.2. The highest BCUT2D eigenvalue weighted by Gasteiger charge is 2.45. The highest BCUT2D eigenvalue weighted by molar-refractivity contribution is 7.90. The Morgan fingerprint density at radius 2 is 1.72 bits per heavy atom. The number of sulfone groups is 1. The Morgan fingerprint density at radius 1 is 0.957 bits per heavy atom. The van der Waals surface area contributed by atoms with Gasteiger partial charge in [0.15, 0.2) is 21.3 Å². The molecule has 0 N–H and O–H groups in total. The van der Waals surface area contributed by atoms with E-state index in [-0.39, 0.29) is 41.3 Å². The van der Waals surface area contributed by atoms with Gasteiger partial charge in [0.25, 0.3) is 0 Å². The molecular weight excluding hydrogens is 620 g/mol. The number of benzene rings is 2. The number of rotatable bonds is 5. The van der Waals surface area contributed by atoms with Crippen molar-refractivity contribution in [1.29, 1.82) is 0 Å². The molecule has 2 fully saturated rings. The van der Waals surface area contributed by atoms with Crippen molar-refractivity contribution in [3.05, 3.63) is 60.4 Å². The van der Waals surface area contributed by atoms with Crippen LogP contribution in [0.5, 0.6) is 11.5 Å². The van der Waals surface area contributed by atoms with E-state index in [1.54, 1.807) is 37.6 Å². The monoisotopic (exact) mass is 664 g/mol. The first-order valence-electron chi connectivity index (χ1n) is 16.5. The van der Waals surface area contributed by atoms with Crippen LogP contribution in [0.15, 0.2) is 59.8 Å². The van der Waals surface area contributed by atoms with Gasteiger partial charge in [-0.1, -0.05) is 12.1 Å². The Hall–Kier alpha value is -3.90. The van der Waals surface area contributed by atoms with Crippen molar-refractivity contribution in [3.63, 3.8) is 0 Å². The Morgan fingerprint density at radius 3 is 2.43 bits per heavy atom. The quantitative estimate of drug-likeness (QED) is 0.402. The molecule has 3 aliphatic rings. The number of nitrogens with zero attached hydrogens (tertiary/aromatic N) is 4. The van der Waals surface area contributed by atoms with Gasteiger partial charge in [-0.05, 0) is 74.4 Å². The summed E-state index contributed by atoms with van der Waals surface area (Å²) < 4.78 is 43.7. The number of methoxy groups -OCH3 is 1. The molecule has 4 bridgehead atoms. The van der Waals surface area contributed by atoms with Crippen LogP contribution in [0.4, 0.5) is 0 Å².